The fourth-order valence-electron chi connectivity index (χ4n) is 5.98. The minimum Gasteiger partial charge on any atom is -0.497 e. The highest BCUT2D eigenvalue weighted by Crippen LogP contribution is 2.41. The monoisotopic (exact) mass is 648 g/mol. The van der Waals surface area contributed by atoms with E-state index in [4.69, 9.17) is 33.2 Å². The van der Waals surface area contributed by atoms with Crippen molar-refractivity contribution >= 4 is 0 Å². The Bertz CT molecular complexity index is 1450. The summed E-state index contributed by atoms with van der Waals surface area (Å²) in [6.45, 7) is 12.5. The summed E-state index contributed by atoms with van der Waals surface area (Å²) in [6, 6.07) is 37.9. The molecular weight excluding hydrogens is 604 g/mol. The van der Waals surface area contributed by atoms with E-state index in [0.717, 1.165) is 16.7 Å². The number of hydrogen-bond donors (Lipinski definition) is 0. The minimum absolute atomic E-state index is 0.116. The fourth-order valence-corrected chi connectivity index (χ4v) is 5.98. The molecule has 48 heavy (non-hydrogen) atoms. The molecule has 4 aromatic rings. The van der Waals surface area contributed by atoms with Gasteiger partial charge in [0.15, 0.2) is 0 Å². The highest BCUT2D eigenvalue weighted by atomic mass is 16.7. The summed E-state index contributed by atoms with van der Waals surface area (Å²) in [6.07, 6.45) is 1.62. The van der Waals surface area contributed by atoms with Gasteiger partial charge in [-0.25, -0.2) is 0 Å². The Labute approximate surface area is 284 Å². The predicted molar refractivity (Wildman–Crippen MR) is 187 cm³/mol. The van der Waals surface area contributed by atoms with Gasteiger partial charge in [0.05, 0.1) is 33.5 Å². The van der Waals surface area contributed by atoms with Gasteiger partial charge < -0.3 is 33.2 Å². The van der Waals surface area contributed by atoms with Gasteiger partial charge in [-0.15, -0.1) is 19.7 Å². The molecule has 0 radical (unpaired) electrons. The summed E-state index contributed by atoms with van der Waals surface area (Å²) in [7, 11) is 1.62. The van der Waals surface area contributed by atoms with Crippen molar-refractivity contribution in [2.24, 2.45) is 0 Å². The summed E-state index contributed by atoms with van der Waals surface area (Å²) < 4.78 is 44.9. The largest absolute Gasteiger partial charge is 0.497 e. The zero-order valence-corrected chi connectivity index (χ0v) is 27.4. The SMILES string of the molecule is C=CCO[C@H]1[C@@H](OCC=C)[C@@H](COC(c2ccccc2)(c2ccccc2)c2ccccc2)O[C@H](Oc2ccc(OC)cc2)[C@@H]1OCC=C. The normalized spacial score (nSPS) is 20.8. The zero-order valence-electron chi connectivity index (χ0n) is 27.4. The van der Waals surface area contributed by atoms with Crippen LogP contribution in [0.2, 0.25) is 0 Å². The first-order valence-corrected chi connectivity index (χ1v) is 16.1. The van der Waals surface area contributed by atoms with Crippen LogP contribution in [-0.4, -0.2) is 64.2 Å². The van der Waals surface area contributed by atoms with Gasteiger partial charge in [0.1, 0.15) is 41.5 Å². The summed E-state index contributed by atoms with van der Waals surface area (Å²) in [5.41, 5.74) is 1.94. The molecule has 0 bridgehead atoms. The Balaban J connectivity index is 1.57. The second kappa shape index (κ2) is 17.6. The number of hydrogen-bond acceptors (Lipinski definition) is 7. The third-order valence-electron chi connectivity index (χ3n) is 8.13. The Morgan fingerprint density at radius 1 is 0.583 bits per heavy atom. The highest BCUT2D eigenvalue weighted by molar-refractivity contribution is 5.47. The van der Waals surface area contributed by atoms with E-state index in [9.17, 15) is 0 Å². The van der Waals surface area contributed by atoms with E-state index < -0.39 is 36.3 Å². The molecule has 0 unspecified atom stereocenters. The first-order chi connectivity index (χ1) is 23.6. The third kappa shape index (κ3) is 8.13. The lowest BCUT2D eigenvalue weighted by atomic mass is 9.80. The number of ether oxygens (including phenoxy) is 7. The molecule has 0 saturated carbocycles. The molecular formula is C41H44O7. The molecule has 5 atom stereocenters. The van der Waals surface area contributed by atoms with E-state index >= 15 is 0 Å². The van der Waals surface area contributed by atoms with Crippen LogP contribution in [0.3, 0.4) is 0 Å². The van der Waals surface area contributed by atoms with E-state index in [2.05, 4.69) is 56.1 Å². The van der Waals surface area contributed by atoms with Gasteiger partial charge in [-0.1, -0.05) is 109 Å². The van der Waals surface area contributed by atoms with Gasteiger partial charge in [-0.05, 0) is 41.0 Å². The van der Waals surface area contributed by atoms with Crippen molar-refractivity contribution < 1.29 is 33.2 Å². The molecule has 1 aliphatic heterocycles. The van der Waals surface area contributed by atoms with Crippen LogP contribution in [0.1, 0.15) is 16.7 Å². The van der Waals surface area contributed by atoms with Crippen molar-refractivity contribution in [3.63, 3.8) is 0 Å². The van der Waals surface area contributed by atoms with Crippen molar-refractivity contribution in [1.29, 1.82) is 0 Å². The Morgan fingerprint density at radius 3 is 1.48 bits per heavy atom. The average molecular weight is 649 g/mol. The molecule has 7 heteroatoms. The Morgan fingerprint density at radius 2 is 1.02 bits per heavy atom. The third-order valence-corrected chi connectivity index (χ3v) is 8.13. The smallest absolute Gasteiger partial charge is 0.229 e. The molecule has 250 valence electrons. The van der Waals surface area contributed by atoms with Crippen LogP contribution < -0.4 is 9.47 Å². The van der Waals surface area contributed by atoms with Crippen molar-refractivity contribution in [1.82, 2.24) is 0 Å². The van der Waals surface area contributed by atoms with Crippen molar-refractivity contribution in [3.8, 4) is 11.5 Å². The van der Waals surface area contributed by atoms with Crippen LogP contribution in [0, 0.1) is 0 Å². The molecule has 1 heterocycles. The lowest BCUT2D eigenvalue weighted by Gasteiger charge is -2.46. The molecule has 0 spiro atoms. The van der Waals surface area contributed by atoms with Gasteiger partial charge in [-0.3, -0.25) is 0 Å². The molecule has 0 amide bonds. The van der Waals surface area contributed by atoms with Crippen LogP contribution >= 0.6 is 0 Å². The molecule has 5 rings (SSSR count). The van der Waals surface area contributed by atoms with E-state index in [1.165, 1.54) is 0 Å². The Hall–Kier alpha value is -4.50. The first kappa shape index (κ1) is 34.8. The van der Waals surface area contributed by atoms with Crippen LogP contribution in [-0.2, 0) is 29.3 Å². The lowest BCUT2D eigenvalue weighted by molar-refractivity contribution is -0.302. The molecule has 1 saturated heterocycles. The van der Waals surface area contributed by atoms with Crippen LogP contribution in [0.5, 0.6) is 11.5 Å². The van der Waals surface area contributed by atoms with E-state index in [1.807, 2.05) is 78.9 Å². The van der Waals surface area contributed by atoms with Crippen LogP contribution in [0.25, 0.3) is 0 Å². The van der Waals surface area contributed by atoms with E-state index in [1.54, 1.807) is 25.3 Å². The second-order valence-corrected chi connectivity index (χ2v) is 11.2. The van der Waals surface area contributed by atoms with Gasteiger partial charge >= 0.3 is 0 Å². The van der Waals surface area contributed by atoms with Crippen molar-refractivity contribution in [2.45, 2.75) is 36.3 Å². The first-order valence-electron chi connectivity index (χ1n) is 16.1. The average Bonchev–Trinajstić information content (AvgIpc) is 3.15. The minimum atomic E-state index is -0.976. The quantitative estimate of drug-likeness (QED) is 0.0817. The van der Waals surface area contributed by atoms with Gasteiger partial charge in [0.2, 0.25) is 6.29 Å². The molecule has 0 aromatic heterocycles. The summed E-state index contributed by atoms with van der Waals surface area (Å²) in [5.74, 6) is 1.29. The predicted octanol–water partition coefficient (Wildman–Crippen LogP) is 7.52. The van der Waals surface area contributed by atoms with E-state index in [0.29, 0.717) is 11.5 Å². The number of methoxy groups -OCH3 is 1. The zero-order chi connectivity index (χ0) is 33.6. The Kier molecular flexibility index (Phi) is 12.8. The fraction of sp³-hybridized carbons (Fsp3) is 0.268. The molecule has 0 N–H and O–H groups in total. The van der Waals surface area contributed by atoms with Gasteiger partial charge in [0, 0.05) is 0 Å². The highest BCUT2D eigenvalue weighted by Gasteiger charge is 2.50. The van der Waals surface area contributed by atoms with Gasteiger partial charge in [0.25, 0.3) is 0 Å². The maximum Gasteiger partial charge on any atom is 0.229 e. The lowest BCUT2D eigenvalue weighted by Crippen LogP contribution is -2.63. The topological polar surface area (TPSA) is 64.6 Å². The number of rotatable bonds is 18. The number of benzene rings is 4. The summed E-state index contributed by atoms with van der Waals surface area (Å²) >= 11 is 0. The molecule has 4 aromatic carbocycles. The second-order valence-electron chi connectivity index (χ2n) is 11.2. The van der Waals surface area contributed by atoms with Crippen LogP contribution in [0.4, 0.5) is 0 Å². The molecule has 0 aliphatic carbocycles. The van der Waals surface area contributed by atoms with E-state index in [-0.39, 0.29) is 26.4 Å². The standard InChI is InChI=1S/C41H44O7/c1-5-27-43-37-36(48-40(47-35-25-23-34(42-4)24-26-35)39(45-29-7-3)38(37)44-28-6-2)30-46-41(31-17-11-8-12-18-31,32-19-13-9-14-20-32)33-21-15-10-16-22-33/h5-26,36-40H,1-3,27-30H2,4H3/t36-,37+,38+,39-,40+/m1/s1. The molecule has 7 nitrogen and oxygen atoms in total. The summed E-state index contributed by atoms with van der Waals surface area (Å²) in [5, 5.41) is 0. The molecule has 1 fully saturated rings. The summed E-state index contributed by atoms with van der Waals surface area (Å²) in [4.78, 5) is 0. The van der Waals surface area contributed by atoms with Crippen molar-refractivity contribution in [3.05, 3.63) is 170 Å². The van der Waals surface area contributed by atoms with Gasteiger partial charge in [-0.2, -0.15) is 0 Å². The van der Waals surface area contributed by atoms with Crippen LogP contribution in [0.15, 0.2) is 153 Å². The maximum absolute atomic E-state index is 7.20. The molecule has 1 aliphatic rings. The van der Waals surface area contributed by atoms with Crippen molar-refractivity contribution in [2.75, 3.05) is 33.5 Å². The maximum atomic E-state index is 7.20.